The van der Waals surface area contributed by atoms with Gasteiger partial charge >= 0.3 is 0 Å². The fourth-order valence-electron chi connectivity index (χ4n) is 2.60. The second-order valence-corrected chi connectivity index (χ2v) is 5.29. The van der Waals surface area contributed by atoms with Crippen LogP contribution in [0.15, 0.2) is 24.3 Å². The van der Waals surface area contributed by atoms with Gasteiger partial charge in [-0.25, -0.2) is 0 Å². The monoisotopic (exact) mass is 253 g/mol. The lowest BCUT2D eigenvalue weighted by atomic mass is 9.95. The lowest BCUT2D eigenvalue weighted by molar-refractivity contribution is 0.321. The first-order valence-corrected chi connectivity index (χ1v) is 6.45. The first-order valence-electron chi connectivity index (χ1n) is 6.45. The van der Waals surface area contributed by atoms with Gasteiger partial charge in [0.2, 0.25) is 0 Å². The van der Waals surface area contributed by atoms with Crippen molar-refractivity contribution in [3.05, 3.63) is 35.4 Å². The van der Waals surface area contributed by atoms with Crippen LogP contribution in [0, 0.1) is 0 Å². The number of hydrogen-bond donors (Lipinski definition) is 0. The lowest BCUT2D eigenvalue weighted by Crippen LogP contribution is -2.16. The van der Waals surface area contributed by atoms with Crippen LogP contribution in [0.25, 0.3) is 0 Å². The van der Waals surface area contributed by atoms with Crippen LogP contribution < -0.4 is 0 Å². The number of halogens is 1. The quantitative estimate of drug-likeness (QED) is 0.772. The Balaban J connectivity index is 0.00000144. The standard InChI is InChI=1S/C15H23N.ClH/c1-12(16(2)3)13-8-10-15(11-9-13)14-6-4-5-7-14;/h8-12,14H,4-7H2,1-3H3;1H. The summed E-state index contributed by atoms with van der Waals surface area (Å²) in [4.78, 5) is 2.25. The van der Waals surface area contributed by atoms with Gasteiger partial charge in [-0.1, -0.05) is 37.1 Å². The molecule has 2 rings (SSSR count). The van der Waals surface area contributed by atoms with E-state index in [2.05, 4.69) is 50.2 Å². The van der Waals surface area contributed by atoms with Crippen LogP contribution in [-0.2, 0) is 0 Å². The molecule has 1 unspecified atom stereocenters. The molecule has 1 aliphatic rings. The summed E-state index contributed by atoms with van der Waals surface area (Å²) in [6, 6.07) is 9.80. The van der Waals surface area contributed by atoms with Crippen molar-refractivity contribution in [2.75, 3.05) is 14.1 Å². The third-order valence-electron chi connectivity index (χ3n) is 4.02. The maximum absolute atomic E-state index is 2.34. The molecule has 1 aromatic carbocycles. The Hall–Kier alpha value is -0.530. The molecule has 2 heteroatoms. The van der Waals surface area contributed by atoms with Crippen LogP contribution in [0.4, 0.5) is 0 Å². The van der Waals surface area contributed by atoms with Gasteiger partial charge in [-0.3, -0.25) is 0 Å². The van der Waals surface area contributed by atoms with Crippen LogP contribution in [0.5, 0.6) is 0 Å². The van der Waals surface area contributed by atoms with E-state index in [0.29, 0.717) is 6.04 Å². The molecule has 0 aliphatic heterocycles. The van der Waals surface area contributed by atoms with E-state index in [1.165, 1.54) is 31.2 Å². The van der Waals surface area contributed by atoms with Crippen LogP contribution in [0.2, 0.25) is 0 Å². The van der Waals surface area contributed by atoms with Gasteiger partial charge in [0.05, 0.1) is 0 Å². The Kier molecular flexibility index (Phi) is 5.48. The average molecular weight is 254 g/mol. The van der Waals surface area contributed by atoms with Gasteiger partial charge in [-0.15, -0.1) is 12.4 Å². The second-order valence-electron chi connectivity index (χ2n) is 5.29. The highest BCUT2D eigenvalue weighted by Gasteiger charge is 2.17. The topological polar surface area (TPSA) is 3.24 Å². The van der Waals surface area contributed by atoms with Gasteiger partial charge in [-0.2, -0.15) is 0 Å². The number of benzene rings is 1. The highest BCUT2D eigenvalue weighted by atomic mass is 35.5. The van der Waals surface area contributed by atoms with E-state index in [1.54, 1.807) is 5.56 Å². The highest BCUT2D eigenvalue weighted by molar-refractivity contribution is 5.85. The zero-order valence-electron chi connectivity index (χ0n) is 11.1. The van der Waals surface area contributed by atoms with Crippen molar-refractivity contribution in [3.63, 3.8) is 0 Å². The number of nitrogens with zero attached hydrogens (tertiary/aromatic N) is 1. The van der Waals surface area contributed by atoms with Gasteiger partial charge in [0, 0.05) is 6.04 Å². The molecule has 0 amide bonds. The van der Waals surface area contributed by atoms with Crippen molar-refractivity contribution in [1.82, 2.24) is 4.90 Å². The van der Waals surface area contributed by atoms with E-state index in [-0.39, 0.29) is 12.4 Å². The molecule has 0 saturated heterocycles. The summed E-state index contributed by atoms with van der Waals surface area (Å²) in [5, 5.41) is 0. The van der Waals surface area contributed by atoms with Crippen molar-refractivity contribution in [2.24, 2.45) is 0 Å². The zero-order valence-corrected chi connectivity index (χ0v) is 12.0. The minimum atomic E-state index is 0. The fraction of sp³-hybridized carbons (Fsp3) is 0.600. The van der Waals surface area contributed by atoms with E-state index >= 15 is 0 Å². The maximum atomic E-state index is 2.34. The predicted octanol–water partition coefficient (Wildman–Crippen LogP) is 4.39. The lowest BCUT2D eigenvalue weighted by Gasteiger charge is -2.20. The minimum Gasteiger partial charge on any atom is -0.303 e. The summed E-state index contributed by atoms with van der Waals surface area (Å²) < 4.78 is 0. The molecular weight excluding hydrogens is 230 g/mol. The smallest absolute Gasteiger partial charge is 0.0313 e. The first kappa shape index (κ1) is 14.5. The summed E-state index contributed by atoms with van der Waals surface area (Å²) in [6.45, 7) is 2.25. The molecule has 1 fully saturated rings. The molecule has 0 aromatic heterocycles. The largest absolute Gasteiger partial charge is 0.303 e. The first-order chi connectivity index (χ1) is 7.68. The van der Waals surface area contributed by atoms with Crippen molar-refractivity contribution in [1.29, 1.82) is 0 Å². The molecule has 96 valence electrons. The van der Waals surface area contributed by atoms with E-state index in [0.717, 1.165) is 5.92 Å². The molecule has 0 bridgehead atoms. The van der Waals surface area contributed by atoms with Gasteiger partial charge in [0.1, 0.15) is 0 Å². The minimum absolute atomic E-state index is 0. The van der Waals surface area contributed by atoms with Crippen molar-refractivity contribution < 1.29 is 0 Å². The van der Waals surface area contributed by atoms with Crippen LogP contribution in [0.3, 0.4) is 0 Å². The Bertz CT molecular complexity index is 304. The van der Waals surface area contributed by atoms with Crippen molar-refractivity contribution in [3.8, 4) is 0 Å². The highest BCUT2D eigenvalue weighted by Crippen LogP contribution is 2.34. The molecule has 0 N–H and O–H groups in total. The Morgan fingerprint density at radius 2 is 1.59 bits per heavy atom. The molecule has 0 heterocycles. The van der Waals surface area contributed by atoms with Gasteiger partial charge < -0.3 is 4.90 Å². The number of rotatable bonds is 3. The Morgan fingerprint density at radius 1 is 1.06 bits per heavy atom. The van der Waals surface area contributed by atoms with Crippen LogP contribution in [0.1, 0.15) is 55.7 Å². The third kappa shape index (κ3) is 3.46. The Labute approximate surface area is 112 Å². The normalized spacial score (nSPS) is 18.1. The van der Waals surface area contributed by atoms with Gasteiger partial charge in [-0.05, 0) is 50.9 Å². The number of hydrogen-bond acceptors (Lipinski definition) is 1. The molecule has 17 heavy (non-hydrogen) atoms. The molecular formula is C15H24ClN. The molecule has 1 nitrogen and oxygen atoms in total. The summed E-state index contributed by atoms with van der Waals surface area (Å²) in [6.07, 6.45) is 5.62. The molecule has 1 aromatic rings. The van der Waals surface area contributed by atoms with E-state index in [9.17, 15) is 0 Å². The van der Waals surface area contributed by atoms with Gasteiger partial charge in [0.15, 0.2) is 0 Å². The van der Waals surface area contributed by atoms with E-state index in [1.807, 2.05) is 0 Å². The molecule has 1 atom stereocenters. The fourth-order valence-corrected chi connectivity index (χ4v) is 2.60. The molecule has 1 saturated carbocycles. The molecule has 0 spiro atoms. The van der Waals surface area contributed by atoms with E-state index in [4.69, 9.17) is 0 Å². The summed E-state index contributed by atoms with van der Waals surface area (Å²) >= 11 is 0. The average Bonchev–Trinajstić information content (AvgIpc) is 2.81. The second kappa shape index (κ2) is 6.42. The van der Waals surface area contributed by atoms with Crippen molar-refractivity contribution >= 4 is 12.4 Å². The van der Waals surface area contributed by atoms with Gasteiger partial charge in [0.25, 0.3) is 0 Å². The summed E-state index contributed by atoms with van der Waals surface area (Å²) in [5.74, 6) is 0.837. The summed E-state index contributed by atoms with van der Waals surface area (Å²) in [5.41, 5.74) is 2.97. The van der Waals surface area contributed by atoms with Crippen molar-refractivity contribution in [2.45, 2.75) is 44.6 Å². The molecule has 1 aliphatic carbocycles. The summed E-state index contributed by atoms with van der Waals surface area (Å²) in [7, 11) is 4.27. The van der Waals surface area contributed by atoms with Crippen LogP contribution in [-0.4, -0.2) is 19.0 Å². The SMILES string of the molecule is CC(c1ccc(C2CCCC2)cc1)N(C)C.Cl. The molecule has 0 radical (unpaired) electrons. The van der Waals surface area contributed by atoms with Crippen LogP contribution >= 0.6 is 12.4 Å². The zero-order chi connectivity index (χ0) is 11.5. The van der Waals surface area contributed by atoms with E-state index < -0.39 is 0 Å². The predicted molar refractivity (Wildman–Crippen MR) is 77.0 cm³/mol. The Morgan fingerprint density at radius 3 is 2.06 bits per heavy atom. The maximum Gasteiger partial charge on any atom is 0.0313 e. The third-order valence-corrected chi connectivity index (χ3v) is 4.02.